The normalized spacial score (nSPS) is 21.1. The topological polar surface area (TPSA) is 92.8 Å². The summed E-state index contributed by atoms with van der Waals surface area (Å²) in [5.74, 6) is 0.468. The van der Waals surface area contributed by atoms with Crippen LogP contribution in [0.25, 0.3) is 10.8 Å². The van der Waals surface area contributed by atoms with E-state index in [9.17, 15) is 14.7 Å². The maximum absolute atomic E-state index is 13.6. The molecule has 0 saturated heterocycles. The zero-order valence-corrected chi connectivity index (χ0v) is 22.8. The zero-order valence-electron chi connectivity index (χ0n) is 22.8. The van der Waals surface area contributed by atoms with Crippen molar-refractivity contribution >= 4 is 33.7 Å². The van der Waals surface area contributed by atoms with Crippen LogP contribution in [0.3, 0.4) is 0 Å². The van der Waals surface area contributed by atoms with Crippen LogP contribution >= 0.6 is 0 Å². The van der Waals surface area contributed by atoms with Crippen LogP contribution in [-0.2, 0) is 17.6 Å². The highest BCUT2D eigenvalue weighted by molar-refractivity contribution is 6.25. The summed E-state index contributed by atoms with van der Waals surface area (Å²) in [6.07, 6.45) is 2.39. The average Bonchev–Trinajstić information content (AvgIpc) is 3.34. The molecule has 6 nitrogen and oxygen atoms in total. The van der Waals surface area contributed by atoms with Gasteiger partial charge in [0.2, 0.25) is 0 Å². The van der Waals surface area contributed by atoms with Gasteiger partial charge in [-0.15, -0.1) is 0 Å². The molecule has 1 N–H and O–H groups in total. The van der Waals surface area contributed by atoms with E-state index in [0.717, 1.165) is 22.0 Å². The molecular weight excluding hydrogens is 500 g/mol. The molecule has 2 aliphatic rings. The molecular formula is C34H32N2O4. The van der Waals surface area contributed by atoms with Gasteiger partial charge < -0.3 is 9.63 Å². The molecule has 1 fully saturated rings. The smallest absolute Gasteiger partial charge is 0.168 e. The predicted molar refractivity (Wildman–Crippen MR) is 155 cm³/mol. The van der Waals surface area contributed by atoms with E-state index < -0.39 is 0 Å². The first-order chi connectivity index (χ1) is 19.3. The van der Waals surface area contributed by atoms with Crippen LogP contribution in [0.5, 0.6) is 0 Å². The molecule has 4 aromatic rings. The number of benzene rings is 3. The molecule has 202 valence electrons. The van der Waals surface area contributed by atoms with Gasteiger partial charge in [-0.25, -0.2) is 0 Å². The highest BCUT2D eigenvalue weighted by Gasteiger charge is 2.37. The Morgan fingerprint density at radius 3 is 2.50 bits per heavy atom. The fourth-order valence-corrected chi connectivity index (χ4v) is 6.04. The summed E-state index contributed by atoms with van der Waals surface area (Å²) in [4.78, 5) is 31.3. The Bertz CT molecular complexity index is 1680. The summed E-state index contributed by atoms with van der Waals surface area (Å²) in [6, 6.07) is 24.0. The van der Waals surface area contributed by atoms with Crippen LogP contribution in [0, 0.1) is 5.41 Å². The molecule has 1 saturated carbocycles. The summed E-state index contributed by atoms with van der Waals surface area (Å²) in [7, 11) is 0. The first-order valence-electron chi connectivity index (χ1n) is 13.8. The van der Waals surface area contributed by atoms with E-state index >= 15 is 0 Å². The maximum Gasteiger partial charge on any atom is 0.168 e. The van der Waals surface area contributed by atoms with Gasteiger partial charge in [0.05, 0.1) is 28.2 Å². The maximum atomic E-state index is 13.6. The van der Waals surface area contributed by atoms with Gasteiger partial charge in [0.15, 0.2) is 11.6 Å². The number of hydrogen-bond acceptors (Lipinski definition) is 6. The summed E-state index contributed by atoms with van der Waals surface area (Å²) in [6.45, 7) is 4.08. The van der Waals surface area contributed by atoms with Crippen molar-refractivity contribution in [2.45, 2.75) is 58.3 Å². The minimum atomic E-state index is -0.164. The summed E-state index contributed by atoms with van der Waals surface area (Å²) < 4.78 is 5.53. The quantitative estimate of drug-likeness (QED) is 0.210. The Labute approximate surface area is 233 Å². The van der Waals surface area contributed by atoms with Crippen LogP contribution < -0.4 is 0 Å². The lowest BCUT2D eigenvalue weighted by Gasteiger charge is -2.27. The van der Waals surface area contributed by atoms with Crippen molar-refractivity contribution < 1.29 is 19.2 Å². The van der Waals surface area contributed by atoms with E-state index in [1.807, 2.05) is 86.6 Å². The standard InChI is InChI=1S/C34H32N2O4/c1-34(2)19-30(39)33-26(36-40-31(33)20-34)14-15-28(37)32-27(17-24(18-29(32)38)21-8-4-3-5-9-21)35-25-13-12-22-10-6-7-11-23(22)16-25/h3-13,16,24,37H,14-15,17-20H2,1-2H3/b32-28+,35-27?. The number of aliphatic hydroxyl groups is 1. The first-order valence-corrected chi connectivity index (χ1v) is 13.8. The number of rotatable bonds is 5. The molecule has 6 heteroatoms. The number of aromatic nitrogens is 1. The Hall–Kier alpha value is -4.32. The Morgan fingerprint density at radius 2 is 1.70 bits per heavy atom. The lowest BCUT2D eigenvalue weighted by Crippen LogP contribution is -2.27. The number of nitrogens with zero attached hydrogens (tertiary/aromatic N) is 2. The van der Waals surface area contributed by atoms with Gasteiger partial charge in [0.25, 0.3) is 0 Å². The minimum absolute atomic E-state index is 0.0172. The van der Waals surface area contributed by atoms with Gasteiger partial charge in [-0.3, -0.25) is 14.6 Å². The van der Waals surface area contributed by atoms with Gasteiger partial charge in [-0.1, -0.05) is 79.7 Å². The fourth-order valence-electron chi connectivity index (χ4n) is 6.04. The van der Waals surface area contributed by atoms with E-state index in [2.05, 4.69) is 5.16 Å². The molecule has 3 aromatic carbocycles. The molecule has 0 radical (unpaired) electrons. The second-order valence-corrected chi connectivity index (χ2v) is 11.7. The molecule has 0 spiro atoms. The largest absolute Gasteiger partial charge is 0.511 e. The number of aryl methyl sites for hydroxylation is 1. The molecule has 0 bridgehead atoms. The summed E-state index contributed by atoms with van der Waals surface area (Å²) in [5.41, 5.74) is 3.60. The number of Topliss-reactive ketones (excluding diaryl/α,β-unsaturated/α-hetero) is 2. The molecule has 1 unspecified atom stereocenters. The van der Waals surface area contributed by atoms with Crippen molar-refractivity contribution in [2.75, 3.05) is 0 Å². The molecule has 1 atom stereocenters. The van der Waals surface area contributed by atoms with Crippen molar-refractivity contribution in [3.05, 3.63) is 107 Å². The van der Waals surface area contributed by atoms with E-state index in [-0.39, 0.29) is 40.7 Å². The third-order valence-electron chi connectivity index (χ3n) is 7.98. The minimum Gasteiger partial charge on any atom is -0.511 e. The van der Waals surface area contributed by atoms with E-state index in [1.165, 1.54) is 0 Å². The summed E-state index contributed by atoms with van der Waals surface area (Å²) >= 11 is 0. The molecule has 1 aromatic heterocycles. The molecule has 40 heavy (non-hydrogen) atoms. The lowest BCUT2D eigenvalue weighted by molar-refractivity contribution is -0.116. The number of aliphatic hydroxyl groups excluding tert-OH is 1. The zero-order chi connectivity index (χ0) is 27.9. The van der Waals surface area contributed by atoms with E-state index in [0.29, 0.717) is 54.8 Å². The number of ketones is 2. The predicted octanol–water partition coefficient (Wildman–Crippen LogP) is 7.65. The lowest BCUT2D eigenvalue weighted by atomic mass is 9.76. The van der Waals surface area contributed by atoms with Gasteiger partial charge in [-0.2, -0.15) is 0 Å². The third kappa shape index (κ3) is 5.14. The van der Waals surface area contributed by atoms with Gasteiger partial charge in [0.1, 0.15) is 11.5 Å². The number of carbonyl (C=O) groups excluding carboxylic acids is 2. The Balaban J connectivity index is 1.34. The molecule has 0 amide bonds. The number of carbonyl (C=O) groups is 2. The highest BCUT2D eigenvalue weighted by Crippen LogP contribution is 2.38. The van der Waals surface area contributed by atoms with Gasteiger partial charge in [0, 0.05) is 32.1 Å². The molecule has 1 heterocycles. The summed E-state index contributed by atoms with van der Waals surface area (Å²) in [5, 5.41) is 17.7. The van der Waals surface area contributed by atoms with Crippen molar-refractivity contribution in [1.29, 1.82) is 0 Å². The van der Waals surface area contributed by atoms with Crippen molar-refractivity contribution in [2.24, 2.45) is 10.4 Å². The fraction of sp³-hybridized carbons (Fsp3) is 0.294. The van der Waals surface area contributed by atoms with Gasteiger partial charge in [-0.05, 0) is 46.2 Å². The number of allylic oxidation sites excluding steroid dienone is 2. The average molecular weight is 533 g/mol. The van der Waals surface area contributed by atoms with Gasteiger partial charge >= 0.3 is 0 Å². The SMILES string of the molecule is CC1(C)CC(=O)c2c(CC/C(O)=C3\C(=O)CC(c4ccccc4)CC3=Nc3ccc4ccccc4c3)noc2C1. The van der Waals surface area contributed by atoms with Crippen LogP contribution in [0.15, 0.2) is 93.6 Å². The third-order valence-corrected chi connectivity index (χ3v) is 7.98. The molecule has 0 aliphatic heterocycles. The molecule has 6 rings (SSSR count). The highest BCUT2D eigenvalue weighted by atomic mass is 16.5. The Morgan fingerprint density at radius 1 is 0.950 bits per heavy atom. The van der Waals surface area contributed by atoms with Crippen molar-refractivity contribution in [1.82, 2.24) is 5.16 Å². The van der Waals surface area contributed by atoms with Crippen molar-refractivity contribution in [3.63, 3.8) is 0 Å². The molecule has 2 aliphatic carbocycles. The van der Waals surface area contributed by atoms with E-state index in [4.69, 9.17) is 9.52 Å². The van der Waals surface area contributed by atoms with Crippen molar-refractivity contribution in [3.8, 4) is 0 Å². The second-order valence-electron chi connectivity index (χ2n) is 11.7. The van der Waals surface area contributed by atoms with Crippen LogP contribution in [-0.4, -0.2) is 27.5 Å². The first kappa shape index (κ1) is 25.9. The van der Waals surface area contributed by atoms with Crippen LogP contribution in [0.1, 0.15) is 72.8 Å². The second kappa shape index (κ2) is 10.3. The number of hydrogen-bond donors (Lipinski definition) is 1. The van der Waals surface area contributed by atoms with Crippen LogP contribution in [0.4, 0.5) is 5.69 Å². The Kier molecular flexibility index (Phi) is 6.70. The van der Waals surface area contributed by atoms with Crippen LogP contribution in [0.2, 0.25) is 0 Å². The number of fused-ring (bicyclic) bond motifs is 2. The number of aliphatic imine (C=N–C) groups is 1. The monoisotopic (exact) mass is 532 g/mol. The van der Waals surface area contributed by atoms with E-state index in [1.54, 1.807) is 0 Å².